The summed E-state index contributed by atoms with van der Waals surface area (Å²) >= 11 is 0. The maximum Gasteiger partial charge on any atom is 0.0471 e. The fourth-order valence-corrected chi connectivity index (χ4v) is 3.67. The summed E-state index contributed by atoms with van der Waals surface area (Å²) in [7, 11) is 0. The molecule has 1 aliphatic heterocycles. The first-order valence-corrected chi connectivity index (χ1v) is 7.24. The van der Waals surface area contributed by atoms with Crippen molar-refractivity contribution in [3.63, 3.8) is 0 Å². The largest absolute Gasteiger partial charge is 0.381 e. The normalized spacial score (nSPS) is 26.6. The molecule has 1 aliphatic carbocycles. The van der Waals surface area contributed by atoms with Crippen LogP contribution in [0.3, 0.4) is 0 Å². The Bertz CT molecular complexity index is 370. The van der Waals surface area contributed by atoms with Gasteiger partial charge in [0.05, 0.1) is 0 Å². The second kappa shape index (κ2) is 5.41. The van der Waals surface area contributed by atoms with Crippen molar-refractivity contribution in [3.8, 4) is 0 Å². The van der Waals surface area contributed by atoms with Crippen LogP contribution < -0.4 is 5.32 Å². The Morgan fingerprint density at radius 3 is 2.67 bits per heavy atom. The summed E-state index contributed by atoms with van der Waals surface area (Å²) < 4.78 is 5.54. The molecule has 1 saturated heterocycles. The Labute approximate surface area is 110 Å². The van der Waals surface area contributed by atoms with Gasteiger partial charge in [-0.05, 0) is 36.7 Å². The summed E-state index contributed by atoms with van der Waals surface area (Å²) in [6.07, 6.45) is 6.61. The van der Waals surface area contributed by atoms with E-state index in [-0.39, 0.29) is 0 Å². The third kappa shape index (κ3) is 2.45. The molecule has 0 bridgehead atoms. The topological polar surface area (TPSA) is 21.3 Å². The molecule has 1 heterocycles. The smallest absolute Gasteiger partial charge is 0.0471 e. The number of hydrogen-bond acceptors (Lipinski definition) is 2. The Balaban J connectivity index is 1.61. The minimum Gasteiger partial charge on any atom is -0.381 e. The molecule has 1 atom stereocenters. The van der Waals surface area contributed by atoms with Crippen molar-refractivity contribution in [3.05, 3.63) is 35.9 Å². The van der Waals surface area contributed by atoms with Gasteiger partial charge in [0.25, 0.3) is 0 Å². The lowest BCUT2D eigenvalue weighted by atomic mass is 9.75. The van der Waals surface area contributed by atoms with E-state index < -0.39 is 0 Å². The van der Waals surface area contributed by atoms with Crippen molar-refractivity contribution in [2.45, 2.75) is 44.7 Å². The number of ether oxygens (including phenoxy) is 1. The van der Waals surface area contributed by atoms with Crippen LogP contribution in [0.15, 0.2) is 30.3 Å². The van der Waals surface area contributed by atoms with E-state index in [2.05, 4.69) is 35.6 Å². The molecule has 2 nitrogen and oxygen atoms in total. The van der Waals surface area contributed by atoms with Gasteiger partial charge in [0.15, 0.2) is 0 Å². The van der Waals surface area contributed by atoms with Crippen LogP contribution >= 0.6 is 0 Å². The zero-order valence-corrected chi connectivity index (χ0v) is 11.0. The van der Waals surface area contributed by atoms with Crippen LogP contribution in [0.25, 0.3) is 0 Å². The highest BCUT2D eigenvalue weighted by Gasteiger charge is 2.43. The Hall–Kier alpha value is -0.860. The molecule has 1 N–H and O–H groups in total. The molecule has 1 unspecified atom stereocenters. The molecule has 1 spiro atoms. The first kappa shape index (κ1) is 12.2. The van der Waals surface area contributed by atoms with E-state index in [9.17, 15) is 0 Å². The summed E-state index contributed by atoms with van der Waals surface area (Å²) in [6.45, 7) is 2.93. The van der Waals surface area contributed by atoms with Crippen LogP contribution in [0.4, 0.5) is 0 Å². The average molecular weight is 245 g/mol. The summed E-state index contributed by atoms with van der Waals surface area (Å²) in [5.74, 6) is 0. The van der Waals surface area contributed by atoms with E-state index in [0.717, 1.165) is 19.8 Å². The second-order valence-corrected chi connectivity index (χ2v) is 5.79. The van der Waals surface area contributed by atoms with Crippen LogP contribution in [0, 0.1) is 5.41 Å². The van der Waals surface area contributed by atoms with E-state index in [1.807, 2.05) is 0 Å². The first-order chi connectivity index (χ1) is 8.89. The first-order valence-electron chi connectivity index (χ1n) is 7.24. The van der Waals surface area contributed by atoms with Crippen LogP contribution in [-0.4, -0.2) is 19.3 Å². The average Bonchev–Trinajstić information content (AvgIpc) is 2.81. The van der Waals surface area contributed by atoms with Crippen LogP contribution in [0.5, 0.6) is 0 Å². The van der Waals surface area contributed by atoms with Crippen molar-refractivity contribution in [1.29, 1.82) is 0 Å². The molecule has 0 aromatic heterocycles. The number of benzene rings is 1. The summed E-state index contributed by atoms with van der Waals surface area (Å²) in [5, 5.41) is 3.80. The van der Waals surface area contributed by atoms with Gasteiger partial charge in [0.2, 0.25) is 0 Å². The Kier molecular flexibility index (Phi) is 3.67. The van der Waals surface area contributed by atoms with Crippen molar-refractivity contribution >= 4 is 0 Å². The molecule has 3 rings (SSSR count). The van der Waals surface area contributed by atoms with Gasteiger partial charge < -0.3 is 10.1 Å². The molecule has 1 aromatic carbocycles. The van der Waals surface area contributed by atoms with E-state index in [1.165, 1.54) is 37.7 Å². The molecule has 0 radical (unpaired) electrons. The lowest BCUT2D eigenvalue weighted by Crippen LogP contribution is -2.44. The number of nitrogens with one attached hydrogen (secondary N) is 1. The quantitative estimate of drug-likeness (QED) is 0.883. The summed E-state index contributed by atoms with van der Waals surface area (Å²) in [5.41, 5.74) is 1.93. The van der Waals surface area contributed by atoms with Gasteiger partial charge in [0, 0.05) is 25.8 Å². The molecule has 2 fully saturated rings. The maximum absolute atomic E-state index is 5.54. The SMILES string of the molecule is c1ccc(CNC2CCCC23CCOCC3)cc1. The summed E-state index contributed by atoms with van der Waals surface area (Å²) in [4.78, 5) is 0. The molecule has 18 heavy (non-hydrogen) atoms. The molecule has 1 saturated carbocycles. The molecule has 98 valence electrons. The second-order valence-electron chi connectivity index (χ2n) is 5.79. The van der Waals surface area contributed by atoms with Gasteiger partial charge in [-0.1, -0.05) is 36.8 Å². The zero-order valence-electron chi connectivity index (χ0n) is 11.0. The fourth-order valence-electron chi connectivity index (χ4n) is 3.67. The minimum atomic E-state index is 0.535. The Morgan fingerprint density at radius 2 is 1.89 bits per heavy atom. The fraction of sp³-hybridized carbons (Fsp3) is 0.625. The minimum absolute atomic E-state index is 0.535. The molecule has 2 aliphatic rings. The van der Waals surface area contributed by atoms with Crippen molar-refractivity contribution in [2.75, 3.05) is 13.2 Å². The highest BCUT2D eigenvalue weighted by atomic mass is 16.5. The van der Waals surface area contributed by atoms with E-state index in [1.54, 1.807) is 0 Å². The van der Waals surface area contributed by atoms with Crippen molar-refractivity contribution in [1.82, 2.24) is 5.32 Å². The highest BCUT2D eigenvalue weighted by molar-refractivity contribution is 5.14. The van der Waals surface area contributed by atoms with Crippen LogP contribution in [0.2, 0.25) is 0 Å². The van der Waals surface area contributed by atoms with Crippen molar-refractivity contribution in [2.24, 2.45) is 5.41 Å². The van der Waals surface area contributed by atoms with E-state index in [0.29, 0.717) is 11.5 Å². The van der Waals surface area contributed by atoms with Crippen LogP contribution in [0.1, 0.15) is 37.7 Å². The van der Waals surface area contributed by atoms with Gasteiger partial charge >= 0.3 is 0 Å². The monoisotopic (exact) mass is 245 g/mol. The molecule has 1 aromatic rings. The van der Waals surface area contributed by atoms with Gasteiger partial charge in [-0.25, -0.2) is 0 Å². The van der Waals surface area contributed by atoms with Gasteiger partial charge in [-0.15, -0.1) is 0 Å². The number of rotatable bonds is 3. The molecule has 2 heteroatoms. The Morgan fingerprint density at radius 1 is 1.11 bits per heavy atom. The molecule has 0 amide bonds. The standard InChI is InChI=1S/C16H23NO/c1-2-5-14(6-3-1)13-17-15-7-4-8-16(15)9-11-18-12-10-16/h1-3,5-6,15,17H,4,7-13H2. The molecular weight excluding hydrogens is 222 g/mol. The van der Waals surface area contributed by atoms with Gasteiger partial charge in [-0.3, -0.25) is 0 Å². The third-order valence-electron chi connectivity index (χ3n) is 4.79. The molecular formula is C16H23NO. The summed E-state index contributed by atoms with van der Waals surface area (Å²) in [6, 6.07) is 11.4. The predicted octanol–water partition coefficient (Wildman–Crippen LogP) is 3.13. The number of hydrogen-bond donors (Lipinski definition) is 1. The van der Waals surface area contributed by atoms with E-state index >= 15 is 0 Å². The van der Waals surface area contributed by atoms with Crippen LogP contribution in [-0.2, 0) is 11.3 Å². The zero-order chi connectivity index (χ0) is 12.3. The maximum atomic E-state index is 5.54. The third-order valence-corrected chi connectivity index (χ3v) is 4.79. The highest BCUT2D eigenvalue weighted by Crippen LogP contribution is 2.46. The van der Waals surface area contributed by atoms with Gasteiger partial charge in [-0.2, -0.15) is 0 Å². The van der Waals surface area contributed by atoms with Gasteiger partial charge in [0.1, 0.15) is 0 Å². The van der Waals surface area contributed by atoms with Crippen molar-refractivity contribution < 1.29 is 4.74 Å². The van der Waals surface area contributed by atoms with E-state index in [4.69, 9.17) is 4.74 Å². The predicted molar refractivity (Wildman–Crippen MR) is 73.4 cm³/mol. The lowest BCUT2D eigenvalue weighted by Gasteiger charge is -2.39. The lowest BCUT2D eigenvalue weighted by molar-refractivity contribution is 0.00415.